The number of ether oxygens (including phenoxy) is 2. The third-order valence-corrected chi connectivity index (χ3v) is 5.35. The normalized spacial score (nSPS) is 15.9. The van der Waals surface area contributed by atoms with Crippen molar-refractivity contribution in [1.29, 1.82) is 0 Å². The van der Waals surface area contributed by atoms with Gasteiger partial charge in [0, 0.05) is 31.3 Å². The van der Waals surface area contributed by atoms with Gasteiger partial charge >= 0.3 is 0 Å². The number of rotatable bonds is 7. The summed E-state index contributed by atoms with van der Waals surface area (Å²) in [6.07, 6.45) is 2.32. The minimum atomic E-state index is -0.208. The predicted octanol–water partition coefficient (Wildman–Crippen LogP) is 3.65. The van der Waals surface area contributed by atoms with Crippen molar-refractivity contribution in [2.75, 3.05) is 18.5 Å². The maximum atomic E-state index is 12.7. The van der Waals surface area contributed by atoms with Crippen LogP contribution in [0, 0.1) is 4.77 Å². The molecule has 2 heterocycles. The molecule has 3 aromatic rings. The van der Waals surface area contributed by atoms with Crippen LogP contribution in [0.15, 0.2) is 53.3 Å². The molecule has 1 aliphatic heterocycles. The number of amides is 1. The summed E-state index contributed by atoms with van der Waals surface area (Å²) in [5.41, 5.74) is 1.13. The van der Waals surface area contributed by atoms with Crippen molar-refractivity contribution in [3.63, 3.8) is 0 Å². The number of nitrogens with one attached hydrogen (secondary N) is 2. The van der Waals surface area contributed by atoms with Gasteiger partial charge in [-0.3, -0.25) is 14.2 Å². The Morgan fingerprint density at radius 1 is 1.27 bits per heavy atom. The third-order valence-electron chi connectivity index (χ3n) is 5.03. The molecule has 156 valence electrons. The van der Waals surface area contributed by atoms with E-state index in [9.17, 15) is 9.59 Å². The minimum Gasteiger partial charge on any atom is -0.491 e. The van der Waals surface area contributed by atoms with E-state index in [1.165, 1.54) is 4.57 Å². The fourth-order valence-electron chi connectivity index (χ4n) is 3.47. The van der Waals surface area contributed by atoms with Crippen molar-refractivity contribution < 1.29 is 14.3 Å². The molecule has 1 saturated heterocycles. The molecular formula is C22H23N3O4S. The quantitative estimate of drug-likeness (QED) is 0.565. The second kappa shape index (κ2) is 9.23. The highest BCUT2D eigenvalue weighted by atomic mass is 32.1. The molecule has 0 radical (unpaired) electrons. The van der Waals surface area contributed by atoms with Gasteiger partial charge in [0.2, 0.25) is 5.91 Å². The molecule has 0 spiro atoms. The average Bonchev–Trinajstić information content (AvgIpc) is 3.26. The van der Waals surface area contributed by atoms with Crippen molar-refractivity contribution in [3.8, 4) is 5.75 Å². The number of aromatic nitrogens is 2. The first kappa shape index (κ1) is 20.3. The Hall–Kier alpha value is -2.97. The van der Waals surface area contributed by atoms with Crippen LogP contribution in [-0.4, -0.2) is 34.8 Å². The first-order valence-corrected chi connectivity index (χ1v) is 10.4. The first-order chi connectivity index (χ1) is 14.6. The summed E-state index contributed by atoms with van der Waals surface area (Å²) >= 11 is 5.29. The molecule has 2 N–H and O–H groups in total. The Morgan fingerprint density at radius 2 is 2.13 bits per heavy atom. The zero-order chi connectivity index (χ0) is 20.9. The standard InChI is InChI=1S/C22H23N3O4S/c26-20(10-11-25-21(27)18-8-1-2-9-19(18)24-22(25)30)23-15-5-3-6-16(13-15)29-14-17-7-4-12-28-17/h1-3,5-6,8-9,13,17H,4,7,10-12,14H2,(H,23,26)(H,24,30). The summed E-state index contributed by atoms with van der Waals surface area (Å²) in [5, 5.41) is 3.39. The Bertz CT molecular complexity index is 1160. The molecule has 4 rings (SSSR count). The summed E-state index contributed by atoms with van der Waals surface area (Å²) in [7, 11) is 0. The van der Waals surface area contributed by atoms with Crippen molar-refractivity contribution >= 4 is 34.7 Å². The Balaban J connectivity index is 1.37. The van der Waals surface area contributed by atoms with Gasteiger partial charge in [-0.2, -0.15) is 0 Å². The number of nitrogens with zero attached hydrogens (tertiary/aromatic N) is 1. The van der Waals surface area contributed by atoms with Gasteiger partial charge in [0.25, 0.3) is 5.56 Å². The fourth-order valence-corrected chi connectivity index (χ4v) is 3.75. The number of fused-ring (bicyclic) bond motifs is 1. The van der Waals surface area contributed by atoms with E-state index in [1.807, 2.05) is 18.2 Å². The van der Waals surface area contributed by atoms with Crippen molar-refractivity contribution in [1.82, 2.24) is 9.55 Å². The lowest BCUT2D eigenvalue weighted by Crippen LogP contribution is -2.25. The van der Waals surface area contributed by atoms with Gasteiger partial charge in [-0.05, 0) is 49.3 Å². The molecule has 7 nitrogen and oxygen atoms in total. The number of carbonyl (C=O) groups is 1. The second-order valence-electron chi connectivity index (χ2n) is 7.20. The monoisotopic (exact) mass is 425 g/mol. The molecule has 0 saturated carbocycles. The van der Waals surface area contributed by atoms with E-state index < -0.39 is 0 Å². The molecule has 8 heteroatoms. The number of benzene rings is 2. The molecule has 30 heavy (non-hydrogen) atoms. The van der Waals surface area contributed by atoms with Gasteiger partial charge in [0.05, 0.1) is 17.0 Å². The van der Waals surface area contributed by atoms with Crippen LogP contribution in [0.1, 0.15) is 19.3 Å². The van der Waals surface area contributed by atoms with Crippen LogP contribution in [0.25, 0.3) is 10.9 Å². The van der Waals surface area contributed by atoms with E-state index in [1.54, 1.807) is 30.3 Å². The molecule has 0 aliphatic carbocycles. The summed E-state index contributed by atoms with van der Waals surface area (Å²) < 4.78 is 13.0. The van der Waals surface area contributed by atoms with E-state index in [-0.39, 0.29) is 30.5 Å². The molecule has 1 amide bonds. The molecular weight excluding hydrogens is 402 g/mol. The van der Waals surface area contributed by atoms with E-state index in [4.69, 9.17) is 21.7 Å². The molecule has 1 aliphatic rings. The predicted molar refractivity (Wildman–Crippen MR) is 118 cm³/mol. The SMILES string of the molecule is O=C(CCn1c(=S)[nH]c2ccccc2c1=O)Nc1cccc(OCC2CCCO2)c1. The average molecular weight is 426 g/mol. The van der Waals surface area contributed by atoms with Crippen LogP contribution in [0.3, 0.4) is 0 Å². The van der Waals surface area contributed by atoms with Crippen LogP contribution in [-0.2, 0) is 16.1 Å². The van der Waals surface area contributed by atoms with Crippen molar-refractivity contribution in [3.05, 3.63) is 63.7 Å². The fraction of sp³-hybridized carbons (Fsp3) is 0.318. The van der Waals surface area contributed by atoms with Crippen LogP contribution in [0.2, 0.25) is 0 Å². The smallest absolute Gasteiger partial charge is 0.262 e. The van der Waals surface area contributed by atoms with E-state index >= 15 is 0 Å². The van der Waals surface area contributed by atoms with E-state index in [2.05, 4.69) is 10.3 Å². The molecule has 1 unspecified atom stereocenters. The van der Waals surface area contributed by atoms with E-state index in [0.29, 0.717) is 33.7 Å². The maximum absolute atomic E-state index is 12.7. The van der Waals surface area contributed by atoms with Gasteiger partial charge in [0.15, 0.2) is 4.77 Å². The van der Waals surface area contributed by atoms with Gasteiger partial charge in [-0.25, -0.2) is 0 Å². The van der Waals surface area contributed by atoms with Gasteiger partial charge in [-0.15, -0.1) is 0 Å². The molecule has 1 atom stereocenters. The lowest BCUT2D eigenvalue weighted by atomic mass is 10.2. The Morgan fingerprint density at radius 3 is 2.97 bits per heavy atom. The summed E-state index contributed by atoms with van der Waals surface area (Å²) in [6, 6.07) is 14.4. The summed E-state index contributed by atoms with van der Waals surface area (Å²) in [4.78, 5) is 28.1. The number of hydrogen-bond acceptors (Lipinski definition) is 5. The van der Waals surface area contributed by atoms with Crippen LogP contribution < -0.4 is 15.6 Å². The molecule has 1 fully saturated rings. The molecule has 2 aromatic carbocycles. The lowest BCUT2D eigenvalue weighted by molar-refractivity contribution is -0.116. The summed E-state index contributed by atoms with van der Waals surface area (Å²) in [5.74, 6) is 0.470. The van der Waals surface area contributed by atoms with E-state index in [0.717, 1.165) is 19.4 Å². The number of carbonyl (C=O) groups excluding carboxylic acids is 1. The van der Waals surface area contributed by atoms with Crippen LogP contribution in [0.4, 0.5) is 5.69 Å². The Kier molecular flexibility index (Phi) is 6.25. The number of anilines is 1. The summed E-state index contributed by atoms with van der Waals surface area (Å²) in [6.45, 7) is 1.48. The lowest BCUT2D eigenvalue weighted by Gasteiger charge is -2.13. The third kappa shape index (κ3) is 4.77. The number of para-hydroxylation sites is 1. The highest BCUT2D eigenvalue weighted by molar-refractivity contribution is 7.71. The van der Waals surface area contributed by atoms with Gasteiger partial charge < -0.3 is 19.8 Å². The topological polar surface area (TPSA) is 85.4 Å². The zero-order valence-electron chi connectivity index (χ0n) is 16.4. The highest BCUT2D eigenvalue weighted by Gasteiger charge is 2.16. The first-order valence-electron chi connectivity index (χ1n) is 9.96. The van der Waals surface area contributed by atoms with Crippen LogP contribution >= 0.6 is 12.2 Å². The minimum absolute atomic E-state index is 0.122. The van der Waals surface area contributed by atoms with Crippen molar-refractivity contribution in [2.24, 2.45) is 0 Å². The van der Waals surface area contributed by atoms with Crippen molar-refractivity contribution in [2.45, 2.75) is 31.9 Å². The zero-order valence-corrected chi connectivity index (χ0v) is 17.2. The maximum Gasteiger partial charge on any atom is 0.262 e. The van der Waals surface area contributed by atoms with Gasteiger partial charge in [0.1, 0.15) is 12.4 Å². The molecule has 0 bridgehead atoms. The highest BCUT2D eigenvalue weighted by Crippen LogP contribution is 2.20. The van der Waals surface area contributed by atoms with Crippen LogP contribution in [0.5, 0.6) is 5.75 Å². The Labute approximate surface area is 178 Å². The number of hydrogen-bond donors (Lipinski definition) is 2. The van der Waals surface area contributed by atoms with Gasteiger partial charge in [-0.1, -0.05) is 18.2 Å². The number of H-pyrrole nitrogens is 1. The number of aromatic amines is 1. The molecule has 1 aromatic heterocycles. The second-order valence-corrected chi connectivity index (χ2v) is 7.59. The largest absolute Gasteiger partial charge is 0.491 e.